The second-order valence-corrected chi connectivity index (χ2v) is 9.79. The highest BCUT2D eigenvalue weighted by Gasteiger charge is 2.49. The van der Waals surface area contributed by atoms with Crippen LogP contribution in [0.4, 0.5) is 4.79 Å². The summed E-state index contributed by atoms with van der Waals surface area (Å²) in [5.41, 5.74) is 2.32. The van der Waals surface area contributed by atoms with Crippen LogP contribution in [0.3, 0.4) is 0 Å². The fourth-order valence-electron chi connectivity index (χ4n) is 3.88. The number of carbonyl (C=O) groups excluding carboxylic acids is 2. The molecule has 0 aromatic heterocycles. The summed E-state index contributed by atoms with van der Waals surface area (Å²) in [6, 6.07) is 4.12. The van der Waals surface area contributed by atoms with Gasteiger partial charge in [0, 0.05) is 24.0 Å². The van der Waals surface area contributed by atoms with Crippen LogP contribution in [0, 0.1) is 19.3 Å². The maximum absolute atomic E-state index is 12.7. The second-order valence-electron chi connectivity index (χ2n) is 8.88. The summed E-state index contributed by atoms with van der Waals surface area (Å²) < 4.78 is 12.1. The third kappa shape index (κ3) is 4.43. The summed E-state index contributed by atoms with van der Waals surface area (Å²) in [5.74, 6) is 0.541. The molecule has 0 saturated carbocycles. The van der Waals surface area contributed by atoms with Crippen molar-refractivity contribution in [3.05, 3.63) is 39.1 Å². The number of nitrogens with zero attached hydrogens (tertiary/aromatic N) is 1. The number of rotatable bonds is 1. The standard InChI is InChI=1S/C22H28BrNO4/c1-14-10-16(23)11-15(2)18(14)12-17-13-22(19(25)27-17)6-8-24(9-7-22)20(26)28-21(3,4)5/h10-12H,6-9,13H2,1-5H3/b17-12-. The molecule has 2 aliphatic rings. The van der Waals surface area contributed by atoms with Gasteiger partial charge in [0.05, 0.1) is 5.41 Å². The normalized spacial score (nSPS) is 20.6. The van der Waals surface area contributed by atoms with E-state index < -0.39 is 11.0 Å². The number of likely N-dealkylation sites (tertiary alicyclic amines) is 1. The van der Waals surface area contributed by atoms with Gasteiger partial charge in [-0.05, 0) is 82.4 Å². The topological polar surface area (TPSA) is 55.8 Å². The summed E-state index contributed by atoms with van der Waals surface area (Å²) in [6.45, 7) is 10.7. The third-order valence-corrected chi connectivity index (χ3v) is 5.86. The van der Waals surface area contributed by atoms with E-state index in [9.17, 15) is 9.59 Å². The predicted molar refractivity (Wildman–Crippen MR) is 112 cm³/mol. The first-order valence-electron chi connectivity index (χ1n) is 9.67. The SMILES string of the molecule is Cc1cc(Br)cc(C)c1/C=C1/CC2(CCN(C(=O)OC(C)(C)C)CC2)C(=O)O1. The van der Waals surface area contributed by atoms with E-state index >= 15 is 0 Å². The molecule has 0 bridgehead atoms. The average molecular weight is 450 g/mol. The van der Waals surface area contributed by atoms with Gasteiger partial charge in [0.2, 0.25) is 0 Å². The van der Waals surface area contributed by atoms with Crippen molar-refractivity contribution < 1.29 is 19.1 Å². The lowest BCUT2D eigenvalue weighted by atomic mass is 9.76. The molecule has 0 atom stereocenters. The molecule has 0 unspecified atom stereocenters. The highest BCUT2D eigenvalue weighted by atomic mass is 79.9. The van der Waals surface area contributed by atoms with Crippen LogP contribution in [-0.4, -0.2) is 35.7 Å². The first-order valence-corrected chi connectivity index (χ1v) is 10.5. The molecule has 0 N–H and O–H groups in total. The van der Waals surface area contributed by atoms with E-state index in [1.54, 1.807) is 4.90 Å². The number of carbonyl (C=O) groups is 2. The van der Waals surface area contributed by atoms with E-state index in [4.69, 9.17) is 9.47 Å². The van der Waals surface area contributed by atoms with Crippen molar-refractivity contribution in [2.24, 2.45) is 5.41 Å². The van der Waals surface area contributed by atoms with Crippen molar-refractivity contribution in [3.63, 3.8) is 0 Å². The molecule has 5 nitrogen and oxygen atoms in total. The Morgan fingerprint density at radius 2 is 1.79 bits per heavy atom. The molecule has 2 fully saturated rings. The molecular weight excluding hydrogens is 422 g/mol. The van der Waals surface area contributed by atoms with Gasteiger partial charge in [-0.1, -0.05) is 15.9 Å². The smallest absolute Gasteiger partial charge is 0.410 e. The minimum Gasteiger partial charge on any atom is -0.444 e. The van der Waals surface area contributed by atoms with Crippen LogP contribution in [0.1, 0.15) is 56.7 Å². The van der Waals surface area contributed by atoms with E-state index in [-0.39, 0.29) is 12.1 Å². The van der Waals surface area contributed by atoms with Crippen LogP contribution >= 0.6 is 15.9 Å². The number of allylic oxidation sites excluding steroid dienone is 1. The lowest BCUT2D eigenvalue weighted by Gasteiger charge is -2.36. The molecule has 6 heteroatoms. The van der Waals surface area contributed by atoms with Crippen molar-refractivity contribution in [3.8, 4) is 0 Å². The van der Waals surface area contributed by atoms with E-state index in [2.05, 4.69) is 41.9 Å². The Balaban J connectivity index is 1.71. The number of ether oxygens (including phenoxy) is 2. The van der Waals surface area contributed by atoms with Gasteiger partial charge >= 0.3 is 12.1 Å². The Bertz CT molecular complexity index is 806. The number of halogens is 1. The van der Waals surface area contributed by atoms with Gasteiger partial charge < -0.3 is 14.4 Å². The summed E-state index contributed by atoms with van der Waals surface area (Å²) in [4.78, 5) is 26.6. The second kappa shape index (κ2) is 7.54. The number of benzene rings is 1. The third-order valence-electron chi connectivity index (χ3n) is 5.41. The summed E-state index contributed by atoms with van der Waals surface area (Å²) in [6.07, 6.45) is 3.46. The van der Waals surface area contributed by atoms with Crippen LogP contribution in [0.25, 0.3) is 6.08 Å². The Labute approximate surface area is 175 Å². The molecule has 2 heterocycles. The van der Waals surface area contributed by atoms with Gasteiger partial charge in [-0.2, -0.15) is 0 Å². The molecule has 2 saturated heterocycles. The van der Waals surface area contributed by atoms with E-state index in [1.165, 1.54) is 0 Å². The molecule has 28 heavy (non-hydrogen) atoms. The predicted octanol–water partition coefficient (Wildman–Crippen LogP) is 5.37. The average Bonchev–Trinajstić information content (AvgIpc) is 2.85. The molecule has 0 aliphatic carbocycles. The van der Waals surface area contributed by atoms with Gasteiger partial charge in [0.25, 0.3) is 0 Å². The number of cyclic esters (lactones) is 1. The number of piperidine rings is 1. The van der Waals surface area contributed by atoms with Crippen LogP contribution in [-0.2, 0) is 14.3 Å². The van der Waals surface area contributed by atoms with Crippen molar-refractivity contribution in [2.75, 3.05) is 13.1 Å². The number of hydrogen-bond acceptors (Lipinski definition) is 4. The Morgan fingerprint density at radius 1 is 1.21 bits per heavy atom. The van der Waals surface area contributed by atoms with Gasteiger partial charge in [-0.25, -0.2) is 4.79 Å². The number of aryl methyl sites for hydroxylation is 2. The minimum atomic E-state index is -0.526. The van der Waals surface area contributed by atoms with E-state index in [1.807, 2.05) is 26.8 Å². The number of hydrogen-bond donors (Lipinski definition) is 0. The molecule has 1 spiro atoms. The summed E-state index contributed by atoms with van der Waals surface area (Å²) >= 11 is 3.51. The molecule has 1 aromatic carbocycles. The maximum Gasteiger partial charge on any atom is 0.410 e. The molecule has 0 radical (unpaired) electrons. The summed E-state index contributed by atoms with van der Waals surface area (Å²) in [7, 11) is 0. The van der Waals surface area contributed by atoms with Crippen LogP contribution in [0.2, 0.25) is 0 Å². The van der Waals surface area contributed by atoms with Crippen LogP contribution in [0.5, 0.6) is 0 Å². The first kappa shape index (κ1) is 20.9. The molecule has 152 valence electrons. The Hall–Kier alpha value is -1.82. The molecule has 2 aliphatic heterocycles. The molecule has 3 rings (SSSR count). The van der Waals surface area contributed by atoms with Gasteiger partial charge in [-0.15, -0.1) is 0 Å². The lowest BCUT2D eigenvalue weighted by molar-refractivity contribution is -0.146. The fourth-order valence-corrected chi connectivity index (χ4v) is 4.57. The lowest BCUT2D eigenvalue weighted by Crippen LogP contribution is -2.46. The molecule has 1 aromatic rings. The van der Waals surface area contributed by atoms with Crippen molar-refractivity contribution >= 4 is 34.1 Å². The zero-order chi connectivity index (χ0) is 20.7. The number of esters is 1. The maximum atomic E-state index is 12.7. The Kier molecular flexibility index (Phi) is 5.63. The fraction of sp³-hybridized carbons (Fsp3) is 0.545. The first-order chi connectivity index (χ1) is 13.0. The van der Waals surface area contributed by atoms with E-state index in [0.29, 0.717) is 38.1 Å². The Morgan fingerprint density at radius 3 is 2.32 bits per heavy atom. The molecule has 1 amide bonds. The summed E-state index contributed by atoms with van der Waals surface area (Å²) in [5, 5.41) is 0. The van der Waals surface area contributed by atoms with Crippen LogP contribution < -0.4 is 0 Å². The van der Waals surface area contributed by atoms with Gasteiger partial charge in [-0.3, -0.25) is 4.79 Å². The van der Waals surface area contributed by atoms with Crippen molar-refractivity contribution in [1.82, 2.24) is 4.90 Å². The van der Waals surface area contributed by atoms with Gasteiger partial charge in [0.1, 0.15) is 11.4 Å². The van der Waals surface area contributed by atoms with Crippen molar-refractivity contribution in [1.29, 1.82) is 0 Å². The molecular formula is C22H28BrNO4. The van der Waals surface area contributed by atoms with Crippen LogP contribution in [0.15, 0.2) is 22.4 Å². The van der Waals surface area contributed by atoms with Crippen molar-refractivity contribution in [2.45, 2.75) is 59.5 Å². The highest BCUT2D eigenvalue weighted by Crippen LogP contribution is 2.45. The number of amides is 1. The quantitative estimate of drug-likeness (QED) is 0.540. The monoisotopic (exact) mass is 449 g/mol. The van der Waals surface area contributed by atoms with Gasteiger partial charge in [0.15, 0.2) is 0 Å². The highest BCUT2D eigenvalue weighted by molar-refractivity contribution is 9.10. The largest absolute Gasteiger partial charge is 0.444 e. The zero-order valence-electron chi connectivity index (χ0n) is 17.2. The minimum absolute atomic E-state index is 0.171. The zero-order valence-corrected chi connectivity index (χ0v) is 18.8. The van der Waals surface area contributed by atoms with E-state index in [0.717, 1.165) is 21.2 Å².